The molecule has 0 amide bonds. The molecule has 9 heteroatoms. The van der Waals surface area contributed by atoms with Crippen molar-refractivity contribution in [3.05, 3.63) is 30.0 Å². The van der Waals surface area contributed by atoms with Gasteiger partial charge in [0.05, 0.1) is 11.7 Å². The summed E-state index contributed by atoms with van der Waals surface area (Å²) >= 11 is 0. The Hall–Kier alpha value is -0.445. The fraction of sp³-hybridized carbons (Fsp3) is 0.333. The largest absolute Gasteiger partial charge is 1.00 e. The molecule has 110 valence electrons. The molecule has 0 aliphatic heterocycles. The Morgan fingerprint density at radius 3 is 2.62 bits per heavy atom. The molecule has 0 radical (unpaired) electrons. The van der Waals surface area contributed by atoms with E-state index in [0.29, 0.717) is 6.07 Å². The van der Waals surface area contributed by atoms with Gasteiger partial charge >= 0.3 is 64.4 Å². The van der Waals surface area contributed by atoms with Gasteiger partial charge in [0.1, 0.15) is 17.4 Å². The fourth-order valence-electron chi connectivity index (χ4n) is 1.44. The minimum Gasteiger partial charge on any atom is -0.543 e. The maximum Gasteiger partial charge on any atom is 1.00 e. The summed E-state index contributed by atoms with van der Waals surface area (Å²) in [5.74, 6) is -2.63. The molecule has 0 bridgehead atoms. The van der Waals surface area contributed by atoms with Crippen LogP contribution < -0.4 is 73.8 Å². The van der Waals surface area contributed by atoms with E-state index >= 15 is 0 Å². The van der Waals surface area contributed by atoms with E-state index in [1.807, 2.05) is 0 Å². The topological polar surface area (TPSA) is 88.3 Å². The number of carbonyl (C=O) groups excluding carboxylic acids is 1. The summed E-state index contributed by atoms with van der Waals surface area (Å²) in [5.41, 5.74) is 2.55. The molecule has 2 N–H and O–H groups in total. The molecule has 1 atom stereocenters. The van der Waals surface area contributed by atoms with Crippen LogP contribution in [0.5, 0.6) is 5.88 Å². The molecule has 0 aliphatic rings. The minimum absolute atomic E-state index is 0. The van der Waals surface area contributed by atoms with Gasteiger partial charge < -0.3 is 20.4 Å². The second-order valence-corrected chi connectivity index (χ2v) is 4.02. The molecule has 1 aromatic rings. The molecule has 0 aromatic carbocycles. The number of carboxylic acids is 1. The van der Waals surface area contributed by atoms with Crippen LogP contribution >= 0.6 is 0 Å². The third kappa shape index (κ3) is 5.69. The van der Waals surface area contributed by atoms with Gasteiger partial charge in [-0.15, -0.1) is 6.58 Å². The number of aromatic nitrogens is 1. The first-order chi connectivity index (χ1) is 9.16. The van der Waals surface area contributed by atoms with E-state index in [2.05, 4.69) is 11.6 Å². The molecule has 1 rings (SSSR count). The van der Waals surface area contributed by atoms with Crippen molar-refractivity contribution in [2.45, 2.75) is 25.6 Å². The van der Waals surface area contributed by atoms with Gasteiger partial charge in [0.25, 0.3) is 0 Å². The molecule has 0 aliphatic carbocycles. The van der Waals surface area contributed by atoms with Crippen LogP contribution in [0.2, 0.25) is 0 Å². The Labute approximate surface area is 168 Å². The van der Waals surface area contributed by atoms with Crippen molar-refractivity contribution in [2.24, 2.45) is 0 Å². The number of nitrogen functional groups attached to an aromatic ring is 1. The predicted octanol–water partition coefficient (Wildman–Crippen LogP) is -1.61. The third-order valence-electron chi connectivity index (χ3n) is 2.33. The zero-order valence-corrected chi connectivity index (χ0v) is 16.4. The average Bonchev–Trinajstić information content (AvgIpc) is 2.29. The van der Waals surface area contributed by atoms with Crippen LogP contribution in [0.25, 0.3) is 0 Å². The summed E-state index contributed by atoms with van der Waals surface area (Å²) in [6.07, 6.45) is -3.70. The molecular formula is C12H12F3N2O3Rb. The number of hydrogen-bond acceptors (Lipinski definition) is 5. The number of carboxylic acid groups (broad SMARTS) is 1. The Balaban J connectivity index is 0.00000400. The van der Waals surface area contributed by atoms with Crippen molar-refractivity contribution >= 4 is 11.7 Å². The maximum atomic E-state index is 12.8. The van der Waals surface area contributed by atoms with Crippen molar-refractivity contribution in [1.29, 1.82) is 0 Å². The van der Waals surface area contributed by atoms with Crippen molar-refractivity contribution in [3.63, 3.8) is 0 Å². The first kappa shape index (κ1) is 20.6. The quantitative estimate of drug-likeness (QED) is 0.627. The van der Waals surface area contributed by atoms with E-state index < -0.39 is 41.1 Å². The van der Waals surface area contributed by atoms with Crippen molar-refractivity contribution in [3.8, 4) is 5.88 Å². The number of alkyl halides is 3. The summed E-state index contributed by atoms with van der Waals surface area (Å²) < 4.78 is 43.5. The van der Waals surface area contributed by atoms with Gasteiger partial charge in [0.2, 0.25) is 5.88 Å². The summed E-state index contributed by atoms with van der Waals surface area (Å²) in [4.78, 5) is 14.0. The van der Waals surface area contributed by atoms with Gasteiger partial charge in [-0.1, -0.05) is 6.08 Å². The SMILES string of the molecule is C=CCC(C)Oc1nc(C(=O)[O-])c(N)cc1C(F)(F)F.[Rb+]. The van der Waals surface area contributed by atoms with E-state index in [4.69, 9.17) is 10.5 Å². The first-order valence-corrected chi connectivity index (χ1v) is 5.53. The third-order valence-corrected chi connectivity index (χ3v) is 2.33. The summed E-state index contributed by atoms with van der Waals surface area (Å²) in [6, 6.07) is 0.466. The predicted molar refractivity (Wildman–Crippen MR) is 62.9 cm³/mol. The number of aromatic carboxylic acids is 1. The molecule has 1 aromatic heterocycles. The van der Waals surface area contributed by atoms with Crippen LogP contribution in [0, 0.1) is 0 Å². The van der Waals surface area contributed by atoms with Crippen LogP contribution in [-0.4, -0.2) is 17.1 Å². The number of hydrogen-bond donors (Lipinski definition) is 1. The maximum absolute atomic E-state index is 12.8. The zero-order valence-electron chi connectivity index (χ0n) is 11.5. The van der Waals surface area contributed by atoms with Gasteiger partial charge in [-0.25, -0.2) is 4.98 Å². The van der Waals surface area contributed by atoms with E-state index in [0.717, 1.165) is 0 Å². The van der Waals surface area contributed by atoms with Gasteiger partial charge in [0, 0.05) is 6.42 Å². The van der Waals surface area contributed by atoms with E-state index in [1.54, 1.807) is 0 Å². The fourth-order valence-corrected chi connectivity index (χ4v) is 1.44. The number of anilines is 1. The molecule has 0 spiro atoms. The van der Waals surface area contributed by atoms with Gasteiger partial charge in [-0.2, -0.15) is 13.2 Å². The number of nitrogens with two attached hydrogens (primary N) is 1. The number of rotatable bonds is 5. The molecule has 0 saturated heterocycles. The van der Waals surface area contributed by atoms with Crippen molar-refractivity contribution in [2.75, 3.05) is 5.73 Å². The molecular weight excluding hydrogens is 363 g/mol. The van der Waals surface area contributed by atoms with E-state index in [9.17, 15) is 23.1 Å². The molecule has 21 heavy (non-hydrogen) atoms. The van der Waals surface area contributed by atoms with E-state index in [-0.39, 0.29) is 64.6 Å². The zero-order chi connectivity index (χ0) is 15.5. The smallest absolute Gasteiger partial charge is 0.543 e. The number of nitrogens with zero attached hydrogens (tertiary/aromatic N) is 1. The van der Waals surface area contributed by atoms with E-state index in [1.165, 1.54) is 13.0 Å². The van der Waals surface area contributed by atoms with Crippen LogP contribution in [-0.2, 0) is 6.18 Å². The van der Waals surface area contributed by atoms with Crippen LogP contribution in [0.4, 0.5) is 18.9 Å². The Kier molecular flexibility index (Phi) is 8.08. The number of pyridine rings is 1. The second-order valence-electron chi connectivity index (χ2n) is 4.02. The van der Waals surface area contributed by atoms with Gasteiger partial charge in [-0.05, 0) is 13.0 Å². The Morgan fingerprint density at radius 1 is 1.62 bits per heavy atom. The minimum atomic E-state index is -4.77. The number of ether oxygens (including phenoxy) is 1. The van der Waals surface area contributed by atoms with Crippen LogP contribution in [0.1, 0.15) is 29.4 Å². The first-order valence-electron chi connectivity index (χ1n) is 5.53. The van der Waals surface area contributed by atoms with Crippen molar-refractivity contribution in [1.82, 2.24) is 4.98 Å². The molecule has 5 nitrogen and oxygen atoms in total. The summed E-state index contributed by atoms with van der Waals surface area (Å²) in [6.45, 7) is 4.93. The average molecular weight is 375 g/mol. The van der Waals surface area contributed by atoms with Gasteiger partial charge in [-0.3, -0.25) is 0 Å². The molecule has 1 heterocycles. The Morgan fingerprint density at radius 2 is 2.19 bits per heavy atom. The van der Waals surface area contributed by atoms with Crippen LogP contribution in [0.15, 0.2) is 18.7 Å². The molecule has 0 fully saturated rings. The standard InChI is InChI=1S/C12H13F3N2O3.Rb/c1-3-4-6(2)20-10-7(12(13,14)15)5-8(16)9(17-10)11(18)19;/h3,5-6H,1,4,16H2,2H3,(H,18,19);/q;+1/p-1. The Bertz CT molecular complexity index is 535. The number of carbonyl (C=O) groups is 1. The summed E-state index contributed by atoms with van der Waals surface area (Å²) in [7, 11) is 0. The normalized spacial score (nSPS) is 12.2. The number of halogens is 3. The van der Waals surface area contributed by atoms with Crippen molar-refractivity contribution < 1.29 is 86.0 Å². The van der Waals surface area contributed by atoms with Crippen LogP contribution in [0.3, 0.4) is 0 Å². The van der Waals surface area contributed by atoms with Gasteiger partial charge in [0.15, 0.2) is 0 Å². The molecule has 1 unspecified atom stereocenters. The molecule has 0 saturated carbocycles. The second kappa shape index (κ2) is 8.26. The monoisotopic (exact) mass is 374 g/mol. The summed E-state index contributed by atoms with van der Waals surface area (Å²) in [5, 5.41) is 10.7.